The Hall–Kier alpha value is -1.55. The minimum Gasteiger partial charge on any atom is -0.508 e. The maximum absolute atomic E-state index is 12.3. The number of phenolic OH excluding ortho intramolecular Hbond substituents is 1. The average molecular weight is 262 g/mol. The molecule has 0 radical (unpaired) electrons. The van der Waals surface area contributed by atoms with Crippen LogP contribution >= 0.6 is 0 Å². The number of para-hydroxylation sites is 1. The lowest BCUT2D eigenvalue weighted by Crippen LogP contribution is -2.36. The van der Waals surface area contributed by atoms with Crippen LogP contribution in [0.5, 0.6) is 5.75 Å². The number of nitrogens with two attached hydrogens (primary N) is 1. The fourth-order valence-electron chi connectivity index (χ4n) is 2.74. The molecule has 19 heavy (non-hydrogen) atoms. The Kier molecular flexibility index (Phi) is 4.80. The molecule has 1 fully saturated rings. The Morgan fingerprint density at radius 2 is 2.21 bits per heavy atom. The van der Waals surface area contributed by atoms with E-state index >= 15 is 0 Å². The molecule has 0 bridgehead atoms. The van der Waals surface area contributed by atoms with Gasteiger partial charge < -0.3 is 15.7 Å². The van der Waals surface area contributed by atoms with Gasteiger partial charge in [0.05, 0.1) is 6.42 Å². The summed E-state index contributed by atoms with van der Waals surface area (Å²) in [5.41, 5.74) is 6.24. The molecule has 104 valence electrons. The molecular weight excluding hydrogens is 240 g/mol. The first-order chi connectivity index (χ1) is 9.22. The summed E-state index contributed by atoms with van der Waals surface area (Å²) >= 11 is 0. The molecular formula is C15H22N2O2. The van der Waals surface area contributed by atoms with Crippen molar-refractivity contribution in [1.82, 2.24) is 4.90 Å². The van der Waals surface area contributed by atoms with Gasteiger partial charge in [-0.2, -0.15) is 0 Å². The summed E-state index contributed by atoms with van der Waals surface area (Å²) in [6, 6.07) is 7.37. The first kappa shape index (κ1) is 13.9. The van der Waals surface area contributed by atoms with Crippen molar-refractivity contribution in [2.24, 2.45) is 5.73 Å². The van der Waals surface area contributed by atoms with Crippen molar-refractivity contribution in [3.05, 3.63) is 29.8 Å². The van der Waals surface area contributed by atoms with Crippen LogP contribution in [0.4, 0.5) is 0 Å². The Morgan fingerprint density at radius 3 is 2.95 bits per heavy atom. The topological polar surface area (TPSA) is 66.6 Å². The molecule has 0 aliphatic carbocycles. The van der Waals surface area contributed by atoms with E-state index in [9.17, 15) is 9.90 Å². The molecule has 1 aromatic rings. The van der Waals surface area contributed by atoms with Gasteiger partial charge in [-0.15, -0.1) is 0 Å². The van der Waals surface area contributed by atoms with Gasteiger partial charge in [0.25, 0.3) is 0 Å². The zero-order valence-corrected chi connectivity index (χ0v) is 11.2. The molecule has 0 aromatic heterocycles. The van der Waals surface area contributed by atoms with Crippen molar-refractivity contribution in [1.29, 1.82) is 0 Å². The van der Waals surface area contributed by atoms with Crippen molar-refractivity contribution in [2.45, 2.75) is 38.1 Å². The average Bonchev–Trinajstić information content (AvgIpc) is 2.87. The summed E-state index contributed by atoms with van der Waals surface area (Å²) in [4.78, 5) is 14.3. The van der Waals surface area contributed by atoms with E-state index in [-0.39, 0.29) is 18.1 Å². The molecule has 1 amide bonds. The van der Waals surface area contributed by atoms with Gasteiger partial charge in [-0.1, -0.05) is 18.2 Å². The maximum atomic E-state index is 12.3. The highest BCUT2D eigenvalue weighted by Gasteiger charge is 2.28. The standard InChI is InChI=1S/C15H22N2O2/c16-9-3-6-13-7-4-10-17(13)15(19)11-12-5-1-2-8-14(12)18/h1-2,5,8,13,18H,3-4,6-7,9-11,16H2. The molecule has 3 N–H and O–H groups in total. The summed E-state index contributed by atoms with van der Waals surface area (Å²) in [5, 5.41) is 9.72. The molecule has 0 saturated carbocycles. The number of benzene rings is 1. The van der Waals surface area contributed by atoms with Crippen molar-refractivity contribution >= 4 is 5.91 Å². The molecule has 0 spiro atoms. The summed E-state index contributed by atoms with van der Waals surface area (Å²) in [6.45, 7) is 1.51. The minimum absolute atomic E-state index is 0.112. The van der Waals surface area contributed by atoms with Crippen LogP contribution in [0.25, 0.3) is 0 Å². The second kappa shape index (κ2) is 6.57. The van der Waals surface area contributed by atoms with E-state index < -0.39 is 0 Å². The van der Waals surface area contributed by atoms with Crippen LogP contribution in [0.3, 0.4) is 0 Å². The molecule has 1 aromatic carbocycles. The van der Waals surface area contributed by atoms with E-state index in [1.165, 1.54) is 0 Å². The van der Waals surface area contributed by atoms with E-state index in [2.05, 4.69) is 0 Å². The highest BCUT2D eigenvalue weighted by Crippen LogP contribution is 2.24. The SMILES string of the molecule is NCCCC1CCCN1C(=O)Cc1ccccc1O. The number of carbonyl (C=O) groups is 1. The van der Waals surface area contributed by atoms with Crippen LogP contribution in [0.2, 0.25) is 0 Å². The highest BCUT2D eigenvalue weighted by atomic mass is 16.3. The summed E-state index contributed by atoms with van der Waals surface area (Å²) in [5.74, 6) is 0.314. The third-order valence-corrected chi connectivity index (χ3v) is 3.77. The summed E-state index contributed by atoms with van der Waals surface area (Å²) < 4.78 is 0. The van der Waals surface area contributed by atoms with Gasteiger partial charge in [0, 0.05) is 18.2 Å². The molecule has 1 atom stereocenters. The third-order valence-electron chi connectivity index (χ3n) is 3.77. The van der Waals surface area contributed by atoms with Crippen molar-refractivity contribution in [2.75, 3.05) is 13.1 Å². The molecule has 1 heterocycles. The normalized spacial score (nSPS) is 18.8. The number of hydrogen-bond acceptors (Lipinski definition) is 3. The van der Waals surface area contributed by atoms with Crippen molar-refractivity contribution in [3.8, 4) is 5.75 Å². The van der Waals surface area contributed by atoms with Gasteiger partial charge in [-0.25, -0.2) is 0 Å². The number of aromatic hydroxyl groups is 1. The molecule has 4 heteroatoms. The van der Waals surface area contributed by atoms with Crippen LogP contribution in [0.15, 0.2) is 24.3 Å². The van der Waals surface area contributed by atoms with E-state index in [0.29, 0.717) is 18.2 Å². The van der Waals surface area contributed by atoms with Gasteiger partial charge in [0.1, 0.15) is 5.75 Å². The largest absolute Gasteiger partial charge is 0.508 e. The quantitative estimate of drug-likeness (QED) is 0.848. The smallest absolute Gasteiger partial charge is 0.227 e. The van der Waals surface area contributed by atoms with Gasteiger partial charge in [0.15, 0.2) is 0 Å². The molecule has 2 rings (SSSR count). The Morgan fingerprint density at radius 1 is 1.42 bits per heavy atom. The fraction of sp³-hybridized carbons (Fsp3) is 0.533. The number of hydrogen-bond donors (Lipinski definition) is 2. The zero-order valence-electron chi connectivity index (χ0n) is 11.2. The lowest BCUT2D eigenvalue weighted by Gasteiger charge is -2.25. The second-order valence-electron chi connectivity index (χ2n) is 5.12. The Labute approximate surface area is 114 Å². The van der Waals surface area contributed by atoms with Crippen LogP contribution < -0.4 is 5.73 Å². The number of nitrogens with zero attached hydrogens (tertiary/aromatic N) is 1. The van der Waals surface area contributed by atoms with Gasteiger partial charge >= 0.3 is 0 Å². The summed E-state index contributed by atoms with van der Waals surface area (Å²) in [6.07, 6.45) is 4.38. The minimum atomic E-state index is 0.112. The van der Waals surface area contributed by atoms with Crippen molar-refractivity contribution in [3.63, 3.8) is 0 Å². The Balaban J connectivity index is 1.97. The van der Waals surface area contributed by atoms with Gasteiger partial charge in [0.2, 0.25) is 5.91 Å². The summed E-state index contributed by atoms with van der Waals surface area (Å²) in [7, 11) is 0. The monoisotopic (exact) mass is 262 g/mol. The molecule has 1 aliphatic heterocycles. The predicted octanol–water partition coefficient (Wildman–Crippen LogP) is 1.66. The van der Waals surface area contributed by atoms with Crippen LogP contribution in [-0.2, 0) is 11.2 Å². The number of rotatable bonds is 5. The van der Waals surface area contributed by atoms with Crippen LogP contribution in [0.1, 0.15) is 31.2 Å². The molecule has 4 nitrogen and oxygen atoms in total. The first-order valence-electron chi connectivity index (χ1n) is 6.98. The van der Waals surface area contributed by atoms with E-state index in [4.69, 9.17) is 5.73 Å². The van der Waals surface area contributed by atoms with Gasteiger partial charge in [-0.3, -0.25) is 4.79 Å². The van der Waals surface area contributed by atoms with E-state index in [1.54, 1.807) is 18.2 Å². The lowest BCUT2D eigenvalue weighted by atomic mass is 10.1. The number of phenols is 1. The molecule has 1 saturated heterocycles. The van der Waals surface area contributed by atoms with Gasteiger partial charge in [-0.05, 0) is 38.3 Å². The van der Waals surface area contributed by atoms with E-state index in [1.807, 2.05) is 11.0 Å². The van der Waals surface area contributed by atoms with Crippen LogP contribution in [0, 0.1) is 0 Å². The number of carbonyl (C=O) groups excluding carboxylic acids is 1. The Bertz CT molecular complexity index is 434. The predicted molar refractivity (Wildman–Crippen MR) is 74.8 cm³/mol. The fourth-order valence-corrected chi connectivity index (χ4v) is 2.74. The molecule has 1 unspecified atom stereocenters. The van der Waals surface area contributed by atoms with E-state index in [0.717, 1.165) is 32.2 Å². The molecule has 1 aliphatic rings. The third kappa shape index (κ3) is 3.47. The number of amides is 1. The lowest BCUT2D eigenvalue weighted by molar-refractivity contribution is -0.131. The van der Waals surface area contributed by atoms with Crippen LogP contribution in [-0.4, -0.2) is 35.0 Å². The first-order valence-corrected chi connectivity index (χ1v) is 6.98. The van der Waals surface area contributed by atoms with Crippen molar-refractivity contribution < 1.29 is 9.90 Å². The zero-order chi connectivity index (χ0) is 13.7. The maximum Gasteiger partial charge on any atom is 0.227 e. The second-order valence-corrected chi connectivity index (χ2v) is 5.12. The highest BCUT2D eigenvalue weighted by molar-refractivity contribution is 5.80. The number of likely N-dealkylation sites (tertiary alicyclic amines) is 1.